The minimum absolute atomic E-state index is 0.00140. The summed E-state index contributed by atoms with van der Waals surface area (Å²) < 4.78 is 23.4. The van der Waals surface area contributed by atoms with Crippen molar-refractivity contribution in [1.82, 2.24) is 19.9 Å². The van der Waals surface area contributed by atoms with Crippen molar-refractivity contribution in [2.24, 2.45) is 74.9 Å². The number of carbonyl (C=O) groups excluding carboxylic acids is 8. The molecule has 4 aromatic heterocycles. The molecule has 0 saturated carbocycles. The number of cyclic esters (lactones) is 4. The number of aryl methyl sites for hydroxylation is 4. The number of thiazole rings is 4. The number of rotatable bonds is 8. The Morgan fingerprint density at radius 3 is 0.816 bits per heavy atom. The van der Waals surface area contributed by atoms with Crippen LogP contribution in [0.4, 0.5) is 0 Å². The summed E-state index contributed by atoms with van der Waals surface area (Å²) in [7, 11) is 0. The second-order valence-corrected chi connectivity index (χ2v) is 46.2. The Bertz CT molecular complexity index is 4550. The first kappa shape index (κ1) is 119. The topological polar surface area (TPSA) is 367 Å². The summed E-state index contributed by atoms with van der Waals surface area (Å²) in [4.78, 5) is 122. The van der Waals surface area contributed by atoms with Gasteiger partial charge in [-0.25, -0.2) is 19.9 Å². The summed E-state index contributed by atoms with van der Waals surface area (Å²) in [5.41, 5.74) is 7.32. The van der Waals surface area contributed by atoms with E-state index in [1.54, 1.807) is 108 Å². The molecule has 4 aromatic rings. The Hall–Kier alpha value is -7.28. The van der Waals surface area contributed by atoms with Crippen molar-refractivity contribution in [2.75, 3.05) is 0 Å². The van der Waals surface area contributed by atoms with Gasteiger partial charge in [0.1, 0.15) is 47.5 Å². The molecule has 23 nitrogen and oxygen atoms in total. The number of allylic oxidation sites excluding steroid dienone is 4. The average molecular weight is 1960 g/mol. The highest BCUT2D eigenvalue weighted by atomic mass is 32.1. The van der Waals surface area contributed by atoms with E-state index in [9.17, 15) is 74.1 Å². The van der Waals surface area contributed by atoms with Gasteiger partial charge in [0, 0.05) is 82.7 Å². The van der Waals surface area contributed by atoms with Crippen molar-refractivity contribution in [2.45, 2.75) is 396 Å². The van der Waals surface area contributed by atoms with Gasteiger partial charge >= 0.3 is 23.9 Å². The highest BCUT2D eigenvalue weighted by Crippen LogP contribution is 2.41. The molecule has 4 aliphatic heterocycles. The standard InChI is InChI=1S/C28H43NO4S.3C27H41NO5S/c1-17-11-9-10-12-18(2)26(31)21(5)27(32)28(7,8)20(4)15-25(30)33-24(13-17)19(3)14-23-16-34-22(6)29-23;2*1-16-9-8-10-17(2)25(31)19(4)26(32)27(6,7)23(29)14-24(30)33-22(12-11-16)18(3)13-21-15-34-20(5)28-21;1-16-10-8-9-11-17(2)25(31)19(4)26(32)27(6,7)23(29)14-24(30)33-22(12-16)18(3)13-21-15-34-20(5)28-21/h11,14,16,18,20-21,24,26,31H,9-10,12-13,15H2,1-8H3;2*11,13,15,17,19,22-23,25,29,31H,8-10,12,14H2,1-7H3;10,13,15,17,19,22-23,25,29,31H,8-9,11-12,14H2,1-7H3/b17-11-,19-14+;2*16-11-,18-13+;16-10-,18-13+/t18-,20-,21+,24-,26-;17-,19+,22-,23-,25-;2*17-,19-,22-,23-,25+/m0000/s1. The first-order valence-electron chi connectivity index (χ1n) is 49.1. The highest BCUT2D eigenvalue weighted by Gasteiger charge is 2.47. The molecule has 4 aliphatic rings. The van der Waals surface area contributed by atoms with Crippen LogP contribution in [0.1, 0.15) is 344 Å². The minimum atomic E-state index is -1.21. The first-order chi connectivity index (χ1) is 63.3. The average Bonchev–Trinajstić information content (AvgIpc) is 0.928. The number of ketones is 4. The zero-order valence-electron chi connectivity index (χ0n) is 87.1. The second kappa shape index (κ2) is 55.2. The lowest BCUT2D eigenvalue weighted by Gasteiger charge is -2.35. The second-order valence-electron chi connectivity index (χ2n) is 42.0. The molecule has 0 amide bonds. The molecular weight excluding hydrogens is 1800 g/mol. The lowest BCUT2D eigenvalue weighted by molar-refractivity contribution is -0.155. The third-order valence-electron chi connectivity index (χ3n) is 28.6. The summed E-state index contributed by atoms with van der Waals surface area (Å²) in [5, 5.41) is 87.4. The van der Waals surface area contributed by atoms with Crippen LogP contribution in [0.5, 0.6) is 0 Å². The van der Waals surface area contributed by atoms with E-state index in [0.717, 1.165) is 148 Å². The van der Waals surface area contributed by atoms with Crippen molar-refractivity contribution < 1.29 is 93.0 Å². The maximum atomic E-state index is 13.3. The van der Waals surface area contributed by atoms with Gasteiger partial charge in [0.05, 0.1) is 121 Å². The number of carbonyl (C=O) groups is 8. The summed E-state index contributed by atoms with van der Waals surface area (Å²) in [6.07, 6.45) is 19.7. The smallest absolute Gasteiger partial charge is 0.309 e. The number of esters is 4. The van der Waals surface area contributed by atoms with E-state index in [1.165, 1.54) is 16.7 Å². The van der Waals surface area contributed by atoms with Crippen LogP contribution in [-0.4, -0.2) is 170 Å². The molecule has 7 N–H and O–H groups in total. The molecule has 27 heteroatoms. The molecule has 0 unspecified atom stereocenters. The van der Waals surface area contributed by atoms with Crippen molar-refractivity contribution in [3.8, 4) is 0 Å². The molecular formula is C109H166N4O19S4. The SMILES string of the molecule is C/C1=C/CCC[C@H](C)[C@@H](O)[C@H](C)C(=O)C(C)(C)[C@@H](O)CC(=O)O[C@H](/C(C)=C/c2csc(C)n2)C1.C/C1=C/CCC[C@H](C)[C@H](O)[C@@H](C)C(=O)C(C)(C)[C@@H](C)CC(=O)O[C@H](/C(C)=C/c2csc(C)n2)C1.C/C1=C/C[C@@H](/C(C)=C/c2csc(C)n2)OC(=O)C[C@H](O)C(C)(C)C(=O)[C@@H](C)[C@H](O)[C@@H](C)CCC1.C/C1=C/C[C@@H](/C(C)=C/c2csc(C)n2)OC(=O)C[C@H](O)C(C)(C)C(=O)[C@H](C)[C@@H](O)[C@@H](C)CCC1. The number of hydrogen-bond donors (Lipinski definition) is 7. The maximum Gasteiger partial charge on any atom is 0.309 e. The van der Waals surface area contributed by atoms with Gasteiger partial charge in [-0.05, 0) is 236 Å². The maximum absolute atomic E-state index is 13.3. The van der Waals surface area contributed by atoms with Crippen molar-refractivity contribution in [3.05, 3.63) is 133 Å². The first-order valence-corrected chi connectivity index (χ1v) is 52.6. The van der Waals surface area contributed by atoms with Gasteiger partial charge in [0.2, 0.25) is 0 Å². The fourth-order valence-electron chi connectivity index (χ4n) is 17.8. The molecule has 0 aliphatic carbocycles. The summed E-state index contributed by atoms with van der Waals surface area (Å²) in [6.45, 7) is 54.1. The van der Waals surface area contributed by atoms with Gasteiger partial charge < -0.3 is 54.7 Å². The van der Waals surface area contributed by atoms with Gasteiger partial charge in [-0.2, -0.15) is 0 Å². The van der Waals surface area contributed by atoms with Crippen LogP contribution in [0.15, 0.2) is 90.4 Å². The van der Waals surface area contributed by atoms with E-state index in [4.69, 9.17) is 18.9 Å². The third kappa shape index (κ3) is 37.0. The normalized spacial score (nSPS) is 32.1. The van der Waals surface area contributed by atoms with E-state index in [-0.39, 0.29) is 90.5 Å². The van der Waals surface area contributed by atoms with E-state index in [2.05, 4.69) is 65.0 Å². The van der Waals surface area contributed by atoms with Crippen molar-refractivity contribution in [3.63, 3.8) is 0 Å². The van der Waals surface area contributed by atoms with Gasteiger partial charge in [0.15, 0.2) is 0 Å². The minimum Gasteiger partial charge on any atom is -0.457 e. The molecule has 8 rings (SSSR count). The monoisotopic (exact) mass is 1960 g/mol. The zero-order valence-corrected chi connectivity index (χ0v) is 90.3. The molecule has 0 bridgehead atoms. The molecule has 0 fully saturated rings. The van der Waals surface area contributed by atoms with Gasteiger partial charge in [0.25, 0.3) is 0 Å². The van der Waals surface area contributed by atoms with E-state index in [1.807, 2.05) is 164 Å². The van der Waals surface area contributed by atoms with Crippen LogP contribution in [-0.2, 0) is 57.3 Å². The predicted molar refractivity (Wildman–Crippen MR) is 549 cm³/mol. The van der Waals surface area contributed by atoms with Gasteiger partial charge in [-0.15, -0.1) is 45.3 Å². The molecule has 136 heavy (non-hydrogen) atoms. The number of aliphatic hydroxyl groups is 7. The predicted octanol–water partition coefficient (Wildman–Crippen LogP) is 22.3. The highest BCUT2D eigenvalue weighted by molar-refractivity contribution is 7.10. The van der Waals surface area contributed by atoms with Gasteiger partial charge in [-0.1, -0.05) is 164 Å². The Kier molecular flexibility index (Phi) is 48.4. The largest absolute Gasteiger partial charge is 0.457 e. The number of aromatic nitrogens is 4. The Morgan fingerprint density at radius 2 is 0.559 bits per heavy atom. The molecule has 0 spiro atoms. The molecule has 0 saturated heterocycles. The molecule has 0 aromatic carbocycles. The Morgan fingerprint density at radius 1 is 0.324 bits per heavy atom. The van der Waals surface area contributed by atoms with Crippen molar-refractivity contribution >= 4 is 117 Å². The van der Waals surface area contributed by atoms with E-state index < -0.39 is 124 Å². The fourth-order valence-corrected chi connectivity index (χ4v) is 20.1. The molecule has 8 heterocycles. The molecule has 0 radical (unpaired) electrons. The van der Waals surface area contributed by atoms with Crippen LogP contribution < -0.4 is 0 Å². The van der Waals surface area contributed by atoms with Crippen LogP contribution >= 0.6 is 45.3 Å². The van der Waals surface area contributed by atoms with Crippen LogP contribution in [0, 0.1) is 103 Å². The summed E-state index contributed by atoms with van der Waals surface area (Å²) in [5.74, 6) is -5.42. The Labute approximate surface area is 828 Å². The lowest BCUT2D eigenvalue weighted by atomic mass is 9.69. The third-order valence-corrected chi connectivity index (χ3v) is 31.8. The summed E-state index contributed by atoms with van der Waals surface area (Å²) in [6, 6.07) is 0. The fraction of sp³-hybridized carbons (Fsp3) is 0.670. The van der Waals surface area contributed by atoms with Gasteiger partial charge in [-0.3, -0.25) is 38.4 Å². The lowest BCUT2D eigenvalue weighted by Crippen LogP contribution is -2.45. The van der Waals surface area contributed by atoms with Crippen molar-refractivity contribution in [1.29, 1.82) is 0 Å². The van der Waals surface area contributed by atoms with Crippen LogP contribution in [0.3, 0.4) is 0 Å². The van der Waals surface area contributed by atoms with Crippen LogP contribution in [0.25, 0.3) is 24.3 Å². The molecule has 760 valence electrons. The Balaban J connectivity index is 0.000000320. The number of Topliss-reactive ketones (excluding diaryl/α,β-unsaturated/α-hetero) is 4. The zero-order chi connectivity index (χ0) is 103. The number of hydrogen-bond acceptors (Lipinski definition) is 27. The number of aliphatic hydroxyl groups excluding tert-OH is 7. The van der Waals surface area contributed by atoms with E-state index >= 15 is 0 Å². The van der Waals surface area contributed by atoms with E-state index in [0.29, 0.717) is 25.7 Å². The summed E-state index contributed by atoms with van der Waals surface area (Å²) >= 11 is 6.29. The quantitative estimate of drug-likeness (QED) is 0.0489. The number of nitrogens with zero attached hydrogens (tertiary/aromatic N) is 4. The molecule has 20 atom stereocenters. The van der Waals surface area contributed by atoms with Crippen LogP contribution in [0.2, 0.25) is 0 Å². The number of ether oxygens (including phenoxy) is 4.